The number of rotatable bonds is 2. The summed E-state index contributed by atoms with van der Waals surface area (Å²) in [6, 6.07) is 0. The summed E-state index contributed by atoms with van der Waals surface area (Å²) in [4.78, 5) is 3.09. The van der Waals surface area contributed by atoms with Crippen molar-refractivity contribution in [2.24, 2.45) is 0 Å². The molecule has 9 heavy (non-hydrogen) atoms. The zero-order valence-electron chi connectivity index (χ0n) is 5.72. The van der Waals surface area contributed by atoms with Gasteiger partial charge in [0.1, 0.15) is 12.4 Å². The van der Waals surface area contributed by atoms with Gasteiger partial charge in [-0.25, -0.2) is 9.55 Å². The highest BCUT2D eigenvalue weighted by molar-refractivity contribution is 4.70. The lowest BCUT2D eigenvalue weighted by Crippen LogP contribution is -2.33. The molecule has 1 radical (unpaired) electrons. The zero-order valence-corrected chi connectivity index (χ0v) is 5.72. The normalized spacial score (nSPS) is 10.0. The molecule has 1 aromatic rings. The fourth-order valence-electron chi connectivity index (χ4n) is 0.855. The van der Waals surface area contributed by atoms with E-state index in [1.54, 1.807) is 0 Å². The Morgan fingerprint density at radius 1 is 1.78 bits per heavy atom. The second-order valence-electron chi connectivity index (χ2n) is 2.09. The first-order chi connectivity index (χ1) is 4.34. The predicted octanol–water partition coefficient (Wildman–Crippen LogP) is 0.835. The molecule has 0 bridgehead atoms. The van der Waals surface area contributed by atoms with Gasteiger partial charge in [0.25, 0.3) is 5.82 Å². The number of nitrogens with one attached hydrogen (secondary N) is 1. The maximum absolute atomic E-state index is 3.77. The first-order valence-corrected chi connectivity index (χ1v) is 3.17. The van der Waals surface area contributed by atoms with Gasteiger partial charge in [0.05, 0.1) is 6.54 Å². The first kappa shape index (κ1) is 6.33. The molecule has 0 aliphatic carbocycles. The van der Waals surface area contributed by atoms with E-state index in [9.17, 15) is 0 Å². The topological polar surface area (TPSA) is 19.7 Å². The Kier molecular flexibility index (Phi) is 1.88. The van der Waals surface area contributed by atoms with E-state index in [0.29, 0.717) is 0 Å². The van der Waals surface area contributed by atoms with Crippen molar-refractivity contribution in [1.29, 1.82) is 0 Å². The van der Waals surface area contributed by atoms with Crippen molar-refractivity contribution in [3.63, 3.8) is 0 Å². The number of imidazole rings is 1. The van der Waals surface area contributed by atoms with Crippen molar-refractivity contribution in [2.75, 3.05) is 0 Å². The molecule has 2 heteroatoms. The number of nitrogens with zero attached hydrogens (tertiary/aromatic N) is 1. The summed E-state index contributed by atoms with van der Waals surface area (Å²) in [5.74, 6) is 1.19. The molecule has 0 aliphatic rings. The van der Waals surface area contributed by atoms with Gasteiger partial charge in [-0.1, -0.05) is 0 Å². The molecule has 1 aromatic heterocycles. The van der Waals surface area contributed by atoms with Crippen molar-refractivity contribution >= 4 is 0 Å². The molecular formula is C7H12N2+. The van der Waals surface area contributed by atoms with Gasteiger partial charge in [-0.3, -0.25) is 0 Å². The number of H-pyrrole nitrogens is 1. The highest BCUT2D eigenvalue weighted by atomic mass is 15.0. The van der Waals surface area contributed by atoms with E-state index in [-0.39, 0.29) is 0 Å². The van der Waals surface area contributed by atoms with Crippen molar-refractivity contribution in [3.8, 4) is 0 Å². The molecular weight excluding hydrogens is 112 g/mol. The Bertz CT molecular complexity index is 179. The van der Waals surface area contributed by atoms with Gasteiger partial charge in [-0.05, 0) is 13.3 Å². The molecule has 49 valence electrons. The van der Waals surface area contributed by atoms with Crippen molar-refractivity contribution in [3.05, 3.63) is 25.1 Å². The number of aryl methyl sites for hydroxylation is 2. The summed E-state index contributed by atoms with van der Waals surface area (Å²) >= 11 is 0. The summed E-state index contributed by atoms with van der Waals surface area (Å²) < 4.78 is 2.15. The van der Waals surface area contributed by atoms with Gasteiger partial charge in [0.15, 0.2) is 0 Å². The minimum Gasteiger partial charge on any atom is -0.248 e. The molecule has 0 amide bonds. The van der Waals surface area contributed by atoms with Gasteiger partial charge < -0.3 is 0 Å². The highest BCUT2D eigenvalue weighted by Crippen LogP contribution is 1.82. The number of hydrogen-bond acceptors (Lipinski definition) is 0. The van der Waals surface area contributed by atoms with E-state index in [2.05, 4.69) is 23.4 Å². The standard InChI is InChI=1S/C7H11N2/c1-3-5-9-6-4-8-7(9)2/h4,6H,1,3,5H2,2H3/p+1. The van der Waals surface area contributed by atoms with Crippen LogP contribution in [0.5, 0.6) is 0 Å². The van der Waals surface area contributed by atoms with Crippen LogP contribution >= 0.6 is 0 Å². The summed E-state index contributed by atoms with van der Waals surface area (Å²) in [5, 5.41) is 0. The average Bonchev–Trinajstić information content (AvgIpc) is 2.18. The van der Waals surface area contributed by atoms with Crippen LogP contribution in [0.2, 0.25) is 0 Å². The monoisotopic (exact) mass is 124 g/mol. The van der Waals surface area contributed by atoms with Gasteiger partial charge in [-0.2, -0.15) is 0 Å². The second kappa shape index (κ2) is 2.67. The van der Waals surface area contributed by atoms with Crippen LogP contribution in [0.15, 0.2) is 12.4 Å². The third-order valence-corrected chi connectivity index (χ3v) is 1.38. The van der Waals surface area contributed by atoms with E-state index < -0.39 is 0 Å². The first-order valence-electron chi connectivity index (χ1n) is 3.17. The molecule has 0 fully saturated rings. The molecule has 1 N–H and O–H groups in total. The lowest BCUT2D eigenvalue weighted by Gasteiger charge is -1.90. The van der Waals surface area contributed by atoms with Gasteiger partial charge >= 0.3 is 0 Å². The van der Waals surface area contributed by atoms with Crippen LogP contribution in [0.1, 0.15) is 12.2 Å². The molecule has 0 saturated carbocycles. The summed E-state index contributed by atoms with van der Waals surface area (Å²) in [6.45, 7) is 6.83. The third kappa shape index (κ3) is 1.31. The van der Waals surface area contributed by atoms with Crippen LogP contribution in [0, 0.1) is 13.8 Å². The summed E-state index contributed by atoms with van der Waals surface area (Å²) in [6.07, 6.45) is 4.91. The molecule has 0 aromatic carbocycles. The smallest absolute Gasteiger partial charge is 0.248 e. The Labute approximate surface area is 55.5 Å². The Hall–Kier alpha value is -0.790. The number of aromatic amines is 1. The zero-order chi connectivity index (χ0) is 6.69. The second-order valence-corrected chi connectivity index (χ2v) is 2.09. The predicted molar refractivity (Wildman–Crippen MR) is 35.7 cm³/mol. The molecule has 0 spiro atoms. The maximum Gasteiger partial charge on any atom is 0.251 e. The van der Waals surface area contributed by atoms with Gasteiger partial charge in [0, 0.05) is 6.92 Å². The van der Waals surface area contributed by atoms with Crippen molar-refractivity contribution in [1.82, 2.24) is 4.98 Å². The summed E-state index contributed by atoms with van der Waals surface area (Å²) in [5.41, 5.74) is 0. The van der Waals surface area contributed by atoms with E-state index in [1.807, 2.05) is 12.4 Å². The van der Waals surface area contributed by atoms with Crippen molar-refractivity contribution in [2.45, 2.75) is 19.9 Å². The largest absolute Gasteiger partial charge is 0.251 e. The van der Waals surface area contributed by atoms with E-state index in [0.717, 1.165) is 13.0 Å². The Morgan fingerprint density at radius 3 is 3.00 bits per heavy atom. The Morgan fingerprint density at radius 2 is 2.56 bits per heavy atom. The third-order valence-electron chi connectivity index (χ3n) is 1.38. The Balaban J connectivity index is 2.69. The minimum atomic E-state index is 0.948. The van der Waals surface area contributed by atoms with E-state index in [1.165, 1.54) is 5.82 Å². The van der Waals surface area contributed by atoms with Crippen LogP contribution < -0.4 is 4.57 Å². The fourth-order valence-corrected chi connectivity index (χ4v) is 0.855. The maximum atomic E-state index is 3.77. The number of aromatic nitrogens is 2. The molecule has 0 atom stereocenters. The van der Waals surface area contributed by atoms with Gasteiger partial charge in [-0.15, -0.1) is 0 Å². The van der Waals surface area contributed by atoms with Crippen LogP contribution in [-0.4, -0.2) is 4.98 Å². The molecule has 0 saturated heterocycles. The van der Waals surface area contributed by atoms with E-state index in [4.69, 9.17) is 0 Å². The molecule has 1 rings (SSSR count). The van der Waals surface area contributed by atoms with E-state index >= 15 is 0 Å². The molecule has 2 nitrogen and oxygen atoms in total. The van der Waals surface area contributed by atoms with Gasteiger partial charge in [0.2, 0.25) is 0 Å². The summed E-state index contributed by atoms with van der Waals surface area (Å²) in [7, 11) is 0. The number of hydrogen-bond donors (Lipinski definition) is 1. The minimum absolute atomic E-state index is 0.948. The average molecular weight is 124 g/mol. The molecule has 0 unspecified atom stereocenters. The molecule has 0 aliphatic heterocycles. The van der Waals surface area contributed by atoms with Crippen molar-refractivity contribution < 1.29 is 4.57 Å². The van der Waals surface area contributed by atoms with Crippen LogP contribution in [0.3, 0.4) is 0 Å². The van der Waals surface area contributed by atoms with Crippen LogP contribution in [0.4, 0.5) is 0 Å². The highest BCUT2D eigenvalue weighted by Gasteiger charge is 2.00. The SMILES string of the molecule is [CH2]CC[n+]1cc[nH]c1C. The lowest BCUT2D eigenvalue weighted by atomic mass is 10.5. The lowest BCUT2D eigenvalue weighted by molar-refractivity contribution is -0.700. The molecule has 1 heterocycles. The fraction of sp³-hybridized carbons (Fsp3) is 0.429. The quantitative estimate of drug-likeness (QED) is 0.563. The van der Waals surface area contributed by atoms with Crippen LogP contribution in [-0.2, 0) is 6.54 Å². The van der Waals surface area contributed by atoms with Crippen LogP contribution in [0.25, 0.3) is 0 Å².